The Morgan fingerprint density at radius 3 is 2.80 bits per heavy atom. The maximum atomic E-state index is 12.3. The molecule has 0 aliphatic carbocycles. The zero-order chi connectivity index (χ0) is 18.0. The van der Waals surface area contributed by atoms with Gasteiger partial charge >= 0.3 is 6.03 Å². The molecule has 25 heavy (non-hydrogen) atoms. The quantitative estimate of drug-likeness (QED) is 0.686. The first-order valence-electron chi connectivity index (χ1n) is 8.17. The molecular formula is C17H22N6O2. The van der Waals surface area contributed by atoms with Gasteiger partial charge in [0.2, 0.25) is 5.91 Å². The van der Waals surface area contributed by atoms with Crippen molar-refractivity contribution in [3.8, 4) is 0 Å². The van der Waals surface area contributed by atoms with Crippen LogP contribution in [0.15, 0.2) is 30.3 Å². The monoisotopic (exact) mass is 342 g/mol. The number of carbonyl (C=O) groups is 2. The number of urea groups is 1. The Bertz CT molecular complexity index is 800. The van der Waals surface area contributed by atoms with Crippen LogP contribution < -0.4 is 21.3 Å². The van der Waals surface area contributed by atoms with E-state index in [1.54, 1.807) is 10.7 Å². The van der Waals surface area contributed by atoms with Crippen LogP contribution >= 0.6 is 0 Å². The Morgan fingerprint density at radius 1 is 1.28 bits per heavy atom. The lowest BCUT2D eigenvalue weighted by atomic mass is 10.2. The van der Waals surface area contributed by atoms with Gasteiger partial charge in [-0.2, -0.15) is 5.10 Å². The molecule has 0 radical (unpaired) electrons. The molecule has 1 aliphatic rings. The van der Waals surface area contributed by atoms with Gasteiger partial charge in [-0.1, -0.05) is 12.1 Å². The van der Waals surface area contributed by atoms with Gasteiger partial charge in [0, 0.05) is 24.2 Å². The molecule has 8 heteroatoms. The normalized spacial score (nSPS) is 20.0. The molecule has 0 saturated carbocycles. The standard InChI is InChI=1S/C17H22N6O2/c1-10-5-4-6-13(7-10)19-17(25)20-14-8-12(3)22-23(14)16-18-11(2)9-15(24)21-16/h4-8,11,16,18H,9H2,1-3H3,(H,21,24)(H2,19,20,25). The predicted octanol–water partition coefficient (Wildman–Crippen LogP) is 2.10. The van der Waals surface area contributed by atoms with E-state index < -0.39 is 6.29 Å². The van der Waals surface area contributed by atoms with Crippen molar-refractivity contribution in [2.75, 3.05) is 10.6 Å². The van der Waals surface area contributed by atoms with E-state index in [-0.39, 0.29) is 18.0 Å². The number of nitrogens with zero attached hydrogens (tertiary/aromatic N) is 2. The Morgan fingerprint density at radius 2 is 2.08 bits per heavy atom. The molecule has 2 unspecified atom stereocenters. The van der Waals surface area contributed by atoms with Crippen molar-refractivity contribution in [3.05, 3.63) is 41.6 Å². The fourth-order valence-electron chi connectivity index (χ4n) is 2.80. The summed E-state index contributed by atoms with van der Waals surface area (Å²) >= 11 is 0. The molecule has 3 rings (SSSR count). The third-order valence-corrected chi connectivity index (χ3v) is 3.85. The molecule has 132 valence electrons. The summed E-state index contributed by atoms with van der Waals surface area (Å²) in [4.78, 5) is 24.1. The maximum Gasteiger partial charge on any atom is 0.324 e. The molecule has 2 heterocycles. The molecule has 1 aliphatic heterocycles. The molecule has 1 aromatic heterocycles. The largest absolute Gasteiger partial charge is 0.324 e. The van der Waals surface area contributed by atoms with Crippen LogP contribution in [0.25, 0.3) is 0 Å². The second-order valence-electron chi connectivity index (χ2n) is 6.31. The molecular weight excluding hydrogens is 320 g/mol. The predicted molar refractivity (Wildman–Crippen MR) is 95.2 cm³/mol. The van der Waals surface area contributed by atoms with Crippen molar-refractivity contribution in [3.63, 3.8) is 0 Å². The number of anilines is 2. The molecule has 2 atom stereocenters. The Balaban J connectivity index is 1.74. The number of rotatable bonds is 3. The Kier molecular flexibility index (Phi) is 4.71. The fourth-order valence-corrected chi connectivity index (χ4v) is 2.80. The molecule has 0 spiro atoms. The lowest BCUT2D eigenvalue weighted by Gasteiger charge is -2.30. The van der Waals surface area contributed by atoms with E-state index in [9.17, 15) is 9.59 Å². The first-order valence-corrected chi connectivity index (χ1v) is 8.17. The molecule has 8 nitrogen and oxygen atoms in total. The van der Waals surface area contributed by atoms with Gasteiger partial charge in [-0.15, -0.1) is 0 Å². The topological polar surface area (TPSA) is 100 Å². The lowest BCUT2D eigenvalue weighted by Crippen LogP contribution is -2.52. The minimum atomic E-state index is -0.501. The van der Waals surface area contributed by atoms with Gasteiger partial charge in [0.1, 0.15) is 5.82 Å². The van der Waals surface area contributed by atoms with E-state index in [0.29, 0.717) is 17.9 Å². The first kappa shape index (κ1) is 17.0. The Labute approximate surface area is 146 Å². The number of aryl methyl sites for hydroxylation is 2. The second kappa shape index (κ2) is 6.94. The third-order valence-electron chi connectivity index (χ3n) is 3.85. The molecule has 2 aromatic rings. The van der Waals surface area contributed by atoms with E-state index >= 15 is 0 Å². The minimum absolute atomic E-state index is 0.0252. The van der Waals surface area contributed by atoms with Crippen molar-refractivity contribution in [1.29, 1.82) is 0 Å². The number of hydrogen-bond donors (Lipinski definition) is 4. The summed E-state index contributed by atoms with van der Waals surface area (Å²) in [7, 11) is 0. The van der Waals surface area contributed by atoms with Crippen LogP contribution in [0.4, 0.5) is 16.3 Å². The van der Waals surface area contributed by atoms with Gasteiger partial charge in [0.15, 0.2) is 6.29 Å². The zero-order valence-electron chi connectivity index (χ0n) is 14.5. The van der Waals surface area contributed by atoms with Crippen molar-refractivity contribution in [2.24, 2.45) is 0 Å². The van der Waals surface area contributed by atoms with E-state index in [2.05, 4.69) is 26.4 Å². The molecule has 1 saturated heterocycles. The van der Waals surface area contributed by atoms with Crippen LogP contribution in [0.2, 0.25) is 0 Å². The van der Waals surface area contributed by atoms with E-state index in [4.69, 9.17) is 0 Å². The van der Waals surface area contributed by atoms with Crippen molar-refractivity contribution in [1.82, 2.24) is 20.4 Å². The second-order valence-corrected chi connectivity index (χ2v) is 6.31. The van der Waals surface area contributed by atoms with Crippen molar-refractivity contribution < 1.29 is 9.59 Å². The van der Waals surface area contributed by atoms with Crippen LogP contribution in [-0.2, 0) is 4.79 Å². The van der Waals surface area contributed by atoms with Crippen LogP contribution in [0, 0.1) is 13.8 Å². The van der Waals surface area contributed by atoms with Crippen molar-refractivity contribution >= 4 is 23.4 Å². The number of benzene rings is 1. The molecule has 0 bridgehead atoms. The molecule has 3 amide bonds. The van der Waals surface area contributed by atoms with Crippen molar-refractivity contribution in [2.45, 2.75) is 39.5 Å². The highest BCUT2D eigenvalue weighted by Gasteiger charge is 2.26. The first-order chi connectivity index (χ1) is 11.9. The zero-order valence-corrected chi connectivity index (χ0v) is 14.5. The summed E-state index contributed by atoms with van der Waals surface area (Å²) in [5, 5.41) is 16.0. The maximum absolute atomic E-state index is 12.3. The van der Waals surface area contributed by atoms with Gasteiger partial charge in [-0.05, 0) is 38.5 Å². The molecule has 1 fully saturated rings. The Hall–Kier alpha value is -2.87. The van der Waals surface area contributed by atoms with Gasteiger partial charge in [0.25, 0.3) is 0 Å². The average Bonchev–Trinajstić information content (AvgIpc) is 2.86. The highest BCUT2D eigenvalue weighted by Crippen LogP contribution is 2.18. The third kappa shape index (κ3) is 4.16. The molecule has 4 N–H and O–H groups in total. The summed E-state index contributed by atoms with van der Waals surface area (Å²) in [5.74, 6) is 0.439. The summed E-state index contributed by atoms with van der Waals surface area (Å²) < 4.78 is 1.57. The van der Waals surface area contributed by atoms with Gasteiger partial charge in [-0.3, -0.25) is 15.4 Å². The number of nitrogens with one attached hydrogen (secondary N) is 4. The van der Waals surface area contributed by atoms with E-state index in [0.717, 1.165) is 11.3 Å². The number of hydrogen-bond acceptors (Lipinski definition) is 4. The highest BCUT2D eigenvalue weighted by atomic mass is 16.2. The number of aromatic nitrogens is 2. The minimum Gasteiger partial charge on any atom is -0.322 e. The van der Waals surface area contributed by atoms with Gasteiger partial charge < -0.3 is 10.6 Å². The van der Waals surface area contributed by atoms with Crippen LogP contribution in [-0.4, -0.2) is 27.8 Å². The SMILES string of the molecule is Cc1cccc(NC(=O)Nc2cc(C)nn2C2NC(=O)CC(C)N2)c1. The van der Waals surface area contributed by atoms with Gasteiger partial charge in [-0.25, -0.2) is 9.48 Å². The van der Waals surface area contributed by atoms with E-state index in [1.165, 1.54) is 0 Å². The highest BCUT2D eigenvalue weighted by molar-refractivity contribution is 5.99. The van der Waals surface area contributed by atoms with Crippen LogP contribution in [0.3, 0.4) is 0 Å². The molecule has 1 aromatic carbocycles. The lowest BCUT2D eigenvalue weighted by molar-refractivity contribution is -0.125. The summed E-state index contributed by atoms with van der Waals surface area (Å²) in [6, 6.07) is 8.94. The summed E-state index contributed by atoms with van der Waals surface area (Å²) in [6.07, 6.45) is -0.0906. The number of amides is 3. The average molecular weight is 342 g/mol. The smallest absolute Gasteiger partial charge is 0.322 e. The summed E-state index contributed by atoms with van der Waals surface area (Å²) in [5.41, 5.74) is 2.50. The fraction of sp³-hybridized carbons (Fsp3) is 0.353. The van der Waals surface area contributed by atoms with Crippen LogP contribution in [0.5, 0.6) is 0 Å². The van der Waals surface area contributed by atoms with Gasteiger partial charge in [0.05, 0.1) is 5.69 Å². The van der Waals surface area contributed by atoms with E-state index in [1.807, 2.05) is 45.0 Å². The number of carbonyl (C=O) groups excluding carboxylic acids is 2. The van der Waals surface area contributed by atoms with Crippen LogP contribution in [0.1, 0.15) is 30.9 Å². The summed E-state index contributed by atoms with van der Waals surface area (Å²) in [6.45, 7) is 5.72.